The first-order valence-electron chi connectivity index (χ1n) is 6.75. The summed E-state index contributed by atoms with van der Waals surface area (Å²) in [5.74, 6) is 0.934. The molecule has 1 N–H and O–H groups in total. The summed E-state index contributed by atoms with van der Waals surface area (Å²) >= 11 is 0. The number of nitrogens with one attached hydrogen (secondary N) is 1. The van der Waals surface area contributed by atoms with Crippen LogP contribution in [0.15, 0.2) is 0 Å². The number of ketones is 1. The molecular formula is C14H25NO3. The van der Waals surface area contributed by atoms with Gasteiger partial charge in [0.2, 0.25) is 0 Å². The Hall–Kier alpha value is -1.06. The van der Waals surface area contributed by atoms with Crippen LogP contribution in [0.3, 0.4) is 0 Å². The first-order chi connectivity index (χ1) is 8.24. The van der Waals surface area contributed by atoms with Crippen molar-refractivity contribution in [1.29, 1.82) is 0 Å². The smallest absolute Gasteiger partial charge is 0.407 e. The molecular weight excluding hydrogens is 230 g/mol. The van der Waals surface area contributed by atoms with Gasteiger partial charge in [0.25, 0.3) is 0 Å². The van der Waals surface area contributed by atoms with E-state index in [1.54, 1.807) is 0 Å². The second kappa shape index (κ2) is 5.72. The zero-order valence-corrected chi connectivity index (χ0v) is 12.1. The lowest BCUT2D eigenvalue weighted by Gasteiger charge is -2.19. The van der Waals surface area contributed by atoms with Gasteiger partial charge in [0, 0.05) is 18.4 Å². The predicted octanol–water partition coefficient (Wildman–Crippen LogP) is 2.76. The molecule has 1 aliphatic rings. The van der Waals surface area contributed by atoms with E-state index in [-0.39, 0.29) is 11.8 Å². The summed E-state index contributed by atoms with van der Waals surface area (Å²) in [6, 6.07) is 0. The molecule has 0 bridgehead atoms. The third kappa shape index (κ3) is 4.67. The van der Waals surface area contributed by atoms with E-state index in [4.69, 9.17) is 4.74 Å². The summed E-state index contributed by atoms with van der Waals surface area (Å²) in [6.07, 6.45) is 1.39. The van der Waals surface area contributed by atoms with Crippen LogP contribution in [-0.2, 0) is 9.53 Å². The first kappa shape index (κ1) is 15.0. The van der Waals surface area contributed by atoms with Crippen LogP contribution in [0.2, 0.25) is 0 Å². The summed E-state index contributed by atoms with van der Waals surface area (Å²) < 4.78 is 5.15. The van der Waals surface area contributed by atoms with Gasteiger partial charge in [-0.15, -0.1) is 0 Å². The zero-order chi connectivity index (χ0) is 13.9. The van der Waals surface area contributed by atoms with Gasteiger partial charge in [0.1, 0.15) is 11.4 Å². The highest BCUT2D eigenvalue weighted by Crippen LogP contribution is 2.40. The van der Waals surface area contributed by atoms with Gasteiger partial charge < -0.3 is 10.1 Å². The normalized spacial score (nSPS) is 24.3. The minimum Gasteiger partial charge on any atom is -0.444 e. The number of Topliss-reactive ketones (excluding diaryl/α,β-unsaturated/α-hetero) is 1. The van der Waals surface area contributed by atoms with Crippen LogP contribution in [0.1, 0.15) is 47.5 Å². The molecule has 1 amide bonds. The quantitative estimate of drug-likeness (QED) is 0.821. The third-order valence-corrected chi connectivity index (χ3v) is 3.29. The second-order valence-electron chi connectivity index (χ2n) is 6.20. The van der Waals surface area contributed by atoms with Gasteiger partial charge in [-0.3, -0.25) is 4.79 Å². The molecule has 0 aromatic rings. The Balaban J connectivity index is 2.24. The number of carbonyl (C=O) groups excluding carboxylic acids is 2. The summed E-state index contributed by atoms with van der Waals surface area (Å²) in [5, 5.41) is 2.73. The van der Waals surface area contributed by atoms with Crippen LogP contribution in [0.5, 0.6) is 0 Å². The first-order valence-corrected chi connectivity index (χ1v) is 6.75. The van der Waals surface area contributed by atoms with Crippen molar-refractivity contribution < 1.29 is 14.3 Å². The molecule has 0 spiro atoms. The molecule has 0 aromatic carbocycles. The maximum absolute atomic E-state index is 11.9. The maximum atomic E-state index is 11.9. The maximum Gasteiger partial charge on any atom is 0.407 e. The third-order valence-electron chi connectivity index (χ3n) is 3.29. The van der Waals surface area contributed by atoms with Crippen LogP contribution < -0.4 is 5.32 Å². The largest absolute Gasteiger partial charge is 0.444 e. The zero-order valence-electron chi connectivity index (χ0n) is 12.1. The molecule has 104 valence electrons. The lowest BCUT2D eigenvalue weighted by molar-refractivity contribution is -0.124. The van der Waals surface area contributed by atoms with Crippen LogP contribution in [0.25, 0.3) is 0 Å². The Morgan fingerprint density at radius 1 is 1.39 bits per heavy atom. The number of amides is 1. The van der Waals surface area contributed by atoms with Crippen LogP contribution >= 0.6 is 0 Å². The van der Waals surface area contributed by atoms with E-state index >= 15 is 0 Å². The van der Waals surface area contributed by atoms with Crippen molar-refractivity contribution in [3.8, 4) is 0 Å². The van der Waals surface area contributed by atoms with Gasteiger partial charge in [0.05, 0.1) is 0 Å². The molecule has 1 fully saturated rings. The standard InChI is InChI=1S/C14H25NO3/c1-6-9(2)12(16)11-7-10(11)8-15-13(17)18-14(3,4)5/h9-11H,6-8H2,1-5H3,(H,15,17)/t9?,10-,11-/m0/s1. The van der Waals surface area contributed by atoms with Gasteiger partial charge in [-0.25, -0.2) is 4.79 Å². The van der Waals surface area contributed by atoms with Crippen LogP contribution in [-0.4, -0.2) is 24.0 Å². The Bertz CT molecular complexity index is 319. The highest BCUT2D eigenvalue weighted by molar-refractivity contribution is 5.85. The Morgan fingerprint density at radius 2 is 2.00 bits per heavy atom. The highest BCUT2D eigenvalue weighted by Gasteiger charge is 2.43. The fourth-order valence-electron chi connectivity index (χ4n) is 1.92. The number of hydrogen-bond donors (Lipinski definition) is 1. The van der Waals surface area contributed by atoms with E-state index < -0.39 is 11.7 Å². The average molecular weight is 255 g/mol. The number of ether oxygens (including phenoxy) is 1. The molecule has 0 aromatic heterocycles. The predicted molar refractivity (Wildman–Crippen MR) is 70.3 cm³/mol. The van der Waals surface area contributed by atoms with Crippen LogP contribution in [0.4, 0.5) is 4.79 Å². The van der Waals surface area contributed by atoms with Crippen LogP contribution in [0, 0.1) is 17.8 Å². The van der Waals surface area contributed by atoms with E-state index in [0.717, 1.165) is 12.8 Å². The molecule has 3 atom stereocenters. The fraction of sp³-hybridized carbons (Fsp3) is 0.857. The van der Waals surface area contributed by atoms with Crippen molar-refractivity contribution in [3.63, 3.8) is 0 Å². The number of alkyl carbamates (subject to hydrolysis) is 1. The summed E-state index contributed by atoms with van der Waals surface area (Å²) in [6.45, 7) is 10.0. The van der Waals surface area contributed by atoms with E-state index in [2.05, 4.69) is 5.32 Å². The highest BCUT2D eigenvalue weighted by atomic mass is 16.6. The molecule has 1 rings (SSSR count). The molecule has 0 radical (unpaired) electrons. The lowest BCUT2D eigenvalue weighted by Crippen LogP contribution is -2.34. The Morgan fingerprint density at radius 3 is 2.50 bits per heavy atom. The summed E-state index contributed by atoms with van der Waals surface area (Å²) in [5.41, 5.74) is -0.473. The molecule has 0 aliphatic heterocycles. The molecule has 18 heavy (non-hydrogen) atoms. The van der Waals surface area contributed by atoms with Gasteiger partial charge >= 0.3 is 6.09 Å². The Kier molecular flexibility index (Phi) is 4.77. The van der Waals surface area contributed by atoms with Crippen molar-refractivity contribution in [2.45, 2.75) is 53.1 Å². The van der Waals surface area contributed by atoms with Gasteiger partial charge in [-0.05, 0) is 39.5 Å². The lowest BCUT2D eigenvalue weighted by atomic mass is 9.99. The van der Waals surface area contributed by atoms with E-state index in [1.165, 1.54) is 0 Å². The molecule has 4 heteroatoms. The van der Waals surface area contributed by atoms with E-state index in [1.807, 2.05) is 34.6 Å². The molecule has 1 unspecified atom stereocenters. The van der Waals surface area contributed by atoms with Crippen molar-refractivity contribution in [2.24, 2.45) is 17.8 Å². The fourth-order valence-corrected chi connectivity index (χ4v) is 1.92. The van der Waals surface area contributed by atoms with Gasteiger partial charge in [-0.2, -0.15) is 0 Å². The van der Waals surface area contributed by atoms with Gasteiger partial charge in [-0.1, -0.05) is 13.8 Å². The number of rotatable bonds is 5. The molecule has 4 nitrogen and oxygen atoms in total. The second-order valence-corrected chi connectivity index (χ2v) is 6.20. The molecule has 1 aliphatic carbocycles. The van der Waals surface area contributed by atoms with Crippen molar-refractivity contribution in [2.75, 3.05) is 6.54 Å². The summed E-state index contributed by atoms with van der Waals surface area (Å²) in [7, 11) is 0. The van der Waals surface area contributed by atoms with E-state index in [0.29, 0.717) is 18.2 Å². The summed E-state index contributed by atoms with van der Waals surface area (Å²) in [4.78, 5) is 23.3. The molecule has 0 heterocycles. The molecule has 1 saturated carbocycles. The van der Waals surface area contributed by atoms with Gasteiger partial charge in [0.15, 0.2) is 0 Å². The number of hydrogen-bond acceptors (Lipinski definition) is 3. The molecule has 0 saturated heterocycles. The van der Waals surface area contributed by atoms with Crippen molar-refractivity contribution >= 4 is 11.9 Å². The monoisotopic (exact) mass is 255 g/mol. The minimum atomic E-state index is -0.473. The SMILES string of the molecule is CCC(C)C(=O)[C@H]1C[C@H]1CNC(=O)OC(C)(C)C. The number of carbonyl (C=O) groups is 2. The van der Waals surface area contributed by atoms with Crippen molar-refractivity contribution in [1.82, 2.24) is 5.32 Å². The topological polar surface area (TPSA) is 55.4 Å². The average Bonchev–Trinajstić information content (AvgIpc) is 3.01. The van der Waals surface area contributed by atoms with E-state index in [9.17, 15) is 9.59 Å². The minimum absolute atomic E-state index is 0.140. The Labute approximate surface area is 109 Å². The van der Waals surface area contributed by atoms with Crippen molar-refractivity contribution in [3.05, 3.63) is 0 Å².